The SMILES string of the molecule is CC(C)(C)C/C(=C/C(=O)O)c1ccc2c(c1)CC(=O)N2. The summed E-state index contributed by atoms with van der Waals surface area (Å²) in [5, 5.41) is 11.8. The number of amides is 1. The summed E-state index contributed by atoms with van der Waals surface area (Å²) < 4.78 is 0. The first-order valence-electron chi connectivity index (χ1n) is 6.61. The normalized spacial score (nSPS) is 14.9. The van der Waals surface area contributed by atoms with Gasteiger partial charge in [0.2, 0.25) is 5.91 Å². The Balaban J connectivity index is 2.38. The van der Waals surface area contributed by atoms with Gasteiger partial charge in [0.1, 0.15) is 0 Å². The van der Waals surface area contributed by atoms with Crippen LogP contribution in [0.25, 0.3) is 5.57 Å². The summed E-state index contributed by atoms with van der Waals surface area (Å²) >= 11 is 0. The van der Waals surface area contributed by atoms with Crippen LogP contribution >= 0.6 is 0 Å². The highest BCUT2D eigenvalue weighted by Crippen LogP contribution is 2.33. The molecule has 1 aromatic rings. The van der Waals surface area contributed by atoms with Gasteiger partial charge < -0.3 is 10.4 Å². The minimum Gasteiger partial charge on any atom is -0.478 e. The molecule has 0 saturated carbocycles. The molecule has 0 saturated heterocycles. The second-order valence-electron chi connectivity index (χ2n) is 6.34. The van der Waals surface area contributed by atoms with Gasteiger partial charge in [-0.05, 0) is 40.7 Å². The predicted octanol–water partition coefficient (Wildman–Crippen LogP) is 3.09. The topological polar surface area (TPSA) is 66.4 Å². The van der Waals surface area contributed by atoms with Crippen LogP contribution in [-0.2, 0) is 16.0 Å². The molecule has 1 aliphatic rings. The molecule has 106 valence electrons. The Labute approximate surface area is 118 Å². The third-order valence-corrected chi connectivity index (χ3v) is 3.12. The summed E-state index contributed by atoms with van der Waals surface area (Å²) in [6, 6.07) is 5.62. The lowest BCUT2D eigenvalue weighted by Crippen LogP contribution is -2.07. The maximum absolute atomic E-state index is 11.4. The average molecular weight is 273 g/mol. The van der Waals surface area contributed by atoms with E-state index >= 15 is 0 Å². The molecular weight excluding hydrogens is 254 g/mol. The van der Waals surface area contributed by atoms with E-state index in [0.29, 0.717) is 12.8 Å². The van der Waals surface area contributed by atoms with Gasteiger partial charge >= 0.3 is 5.97 Å². The third kappa shape index (κ3) is 3.47. The Morgan fingerprint density at radius 3 is 2.70 bits per heavy atom. The molecule has 20 heavy (non-hydrogen) atoms. The van der Waals surface area contributed by atoms with Gasteiger partial charge in [-0.15, -0.1) is 0 Å². The number of hydrogen-bond acceptors (Lipinski definition) is 2. The molecule has 0 unspecified atom stereocenters. The maximum atomic E-state index is 11.4. The summed E-state index contributed by atoms with van der Waals surface area (Å²) in [7, 11) is 0. The van der Waals surface area contributed by atoms with E-state index in [9.17, 15) is 9.59 Å². The van der Waals surface area contributed by atoms with E-state index in [0.717, 1.165) is 22.4 Å². The van der Waals surface area contributed by atoms with E-state index in [-0.39, 0.29) is 11.3 Å². The van der Waals surface area contributed by atoms with Crippen LogP contribution in [0.5, 0.6) is 0 Å². The first-order chi connectivity index (χ1) is 9.24. The smallest absolute Gasteiger partial charge is 0.328 e. The lowest BCUT2D eigenvalue weighted by Gasteiger charge is -2.20. The van der Waals surface area contributed by atoms with Crippen molar-refractivity contribution in [1.82, 2.24) is 0 Å². The van der Waals surface area contributed by atoms with Crippen molar-refractivity contribution in [2.75, 3.05) is 5.32 Å². The van der Waals surface area contributed by atoms with E-state index in [4.69, 9.17) is 5.11 Å². The highest BCUT2D eigenvalue weighted by atomic mass is 16.4. The van der Waals surface area contributed by atoms with Gasteiger partial charge in [-0.25, -0.2) is 4.79 Å². The number of carbonyl (C=O) groups excluding carboxylic acids is 1. The number of carbonyl (C=O) groups is 2. The zero-order valence-electron chi connectivity index (χ0n) is 12.0. The molecule has 1 amide bonds. The molecule has 1 aliphatic heterocycles. The summed E-state index contributed by atoms with van der Waals surface area (Å²) in [5.41, 5.74) is 3.40. The highest BCUT2D eigenvalue weighted by molar-refractivity contribution is 5.99. The van der Waals surface area contributed by atoms with E-state index in [1.165, 1.54) is 6.08 Å². The third-order valence-electron chi connectivity index (χ3n) is 3.12. The second kappa shape index (κ2) is 5.12. The van der Waals surface area contributed by atoms with Gasteiger partial charge in [0.25, 0.3) is 0 Å². The minimum absolute atomic E-state index is 0.00559. The molecule has 2 rings (SSSR count). The van der Waals surface area contributed by atoms with E-state index in [1.54, 1.807) is 0 Å². The lowest BCUT2D eigenvalue weighted by atomic mass is 9.84. The standard InChI is InChI=1S/C16H19NO3/c1-16(2,3)9-12(8-15(19)20)10-4-5-13-11(6-10)7-14(18)17-13/h4-6,8H,7,9H2,1-3H3,(H,17,18)(H,19,20)/b12-8-. The molecule has 0 atom stereocenters. The van der Waals surface area contributed by atoms with Gasteiger partial charge in [-0.1, -0.05) is 26.8 Å². The number of carboxylic acids is 1. The summed E-state index contributed by atoms with van der Waals surface area (Å²) in [6.07, 6.45) is 2.29. The van der Waals surface area contributed by atoms with Crippen molar-refractivity contribution in [2.45, 2.75) is 33.6 Å². The van der Waals surface area contributed by atoms with Gasteiger partial charge in [0.05, 0.1) is 6.42 Å². The molecule has 0 bridgehead atoms. The van der Waals surface area contributed by atoms with E-state index in [1.807, 2.05) is 18.2 Å². The van der Waals surface area contributed by atoms with Crippen molar-refractivity contribution in [3.63, 3.8) is 0 Å². The van der Waals surface area contributed by atoms with Crippen LogP contribution in [0, 0.1) is 5.41 Å². The first kappa shape index (κ1) is 14.3. The molecule has 4 nitrogen and oxygen atoms in total. The van der Waals surface area contributed by atoms with Crippen LogP contribution in [0.3, 0.4) is 0 Å². The Morgan fingerprint density at radius 2 is 2.10 bits per heavy atom. The molecule has 0 fully saturated rings. The fourth-order valence-electron chi connectivity index (χ4n) is 2.39. The fraction of sp³-hybridized carbons (Fsp3) is 0.375. The number of anilines is 1. The predicted molar refractivity (Wildman–Crippen MR) is 78.5 cm³/mol. The van der Waals surface area contributed by atoms with Crippen LogP contribution in [0.1, 0.15) is 38.3 Å². The van der Waals surface area contributed by atoms with Gasteiger partial charge in [-0.2, -0.15) is 0 Å². The second-order valence-corrected chi connectivity index (χ2v) is 6.34. The monoisotopic (exact) mass is 273 g/mol. The van der Waals surface area contributed by atoms with Crippen molar-refractivity contribution in [3.05, 3.63) is 35.4 Å². The molecule has 0 spiro atoms. The zero-order valence-corrected chi connectivity index (χ0v) is 12.0. The van der Waals surface area contributed by atoms with Crippen molar-refractivity contribution in [3.8, 4) is 0 Å². The average Bonchev–Trinajstić information content (AvgIpc) is 2.64. The Hall–Kier alpha value is -2.10. The molecule has 1 aromatic carbocycles. The molecule has 1 heterocycles. The number of benzene rings is 1. The van der Waals surface area contributed by atoms with Gasteiger partial charge in [-0.3, -0.25) is 4.79 Å². The molecular formula is C16H19NO3. The van der Waals surface area contributed by atoms with Gasteiger partial charge in [0.15, 0.2) is 0 Å². The number of allylic oxidation sites excluding steroid dienone is 1. The van der Waals surface area contributed by atoms with Crippen molar-refractivity contribution < 1.29 is 14.7 Å². The van der Waals surface area contributed by atoms with Crippen LogP contribution in [0.2, 0.25) is 0 Å². The Morgan fingerprint density at radius 1 is 1.40 bits per heavy atom. The van der Waals surface area contributed by atoms with Crippen molar-refractivity contribution in [2.24, 2.45) is 5.41 Å². The van der Waals surface area contributed by atoms with Crippen molar-refractivity contribution >= 4 is 23.1 Å². The summed E-state index contributed by atoms with van der Waals surface area (Å²) in [6.45, 7) is 6.21. The molecule has 0 radical (unpaired) electrons. The Kier molecular flexibility index (Phi) is 3.66. The fourth-order valence-corrected chi connectivity index (χ4v) is 2.39. The van der Waals surface area contributed by atoms with Gasteiger partial charge in [0, 0.05) is 11.8 Å². The largest absolute Gasteiger partial charge is 0.478 e. The quantitative estimate of drug-likeness (QED) is 0.832. The maximum Gasteiger partial charge on any atom is 0.328 e. The molecule has 4 heteroatoms. The van der Waals surface area contributed by atoms with Crippen LogP contribution in [-0.4, -0.2) is 17.0 Å². The summed E-state index contributed by atoms with van der Waals surface area (Å²) in [5.74, 6) is -0.962. The number of hydrogen-bond donors (Lipinski definition) is 2. The molecule has 0 aliphatic carbocycles. The lowest BCUT2D eigenvalue weighted by molar-refractivity contribution is -0.131. The number of aliphatic carboxylic acids is 1. The first-order valence-corrected chi connectivity index (χ1v) is 6.61. The van der Waals surface area contributed by atoms with Crippen LogP contribution in [0.15, 0.2) is 24.3 Å². The number of nitrogens with one attached hydrogen (secondary N) is 1. The molecule has 2 N–H and O–H groups in total. The van der Waals surface area contributed by atoms with Crippen molar-refractivity contribution in [1.29, 1.82) is 0 Å². The minimum atomic E-state index is -0.945. The number of carboxylic acid groups (broad SMARTS) is 1. The zero-order chi connectivity index (χ0) is 14.9. The van der Waals surface area contributed by atoms with E-state index < -0.39 is 5.97 Å². The Bertz CT molecular complexity index is 594. The van der Waals surface area contributed by atoms with Crippen LogP contribution in [0.4, 0.5) is 5.69 Å². The summed E-state index contributed by atoms with van der Waals surface area (Å²) in [4.78, 5) is 22.4. The number of rotatable bonds is 3. The highest BCUT2D eigenvalue weighted by Gasteiger charge is 2.20. The number of fused-ring (bicyclic) bond motifs is 1. The van der Waals surface area contributed by atoms with Crippen LogP contribution < -0.4 is 5.32 Å². The molecule has 0 aromatic heterocycles. The van der Waals surface area contributed by atoms with E-state index in [2.05, 4.69) is 26.1 Å².